The fourth-order valence-electron chi connectivity index (χ4n) is 2.79. The molecule has 6 heteroatoms. The van der Waals surface area contributed by atoms with Crippen molar-refractivity contribution in [3.05, 3.63) is 28.6 Å². The van der Waals surface area contributed by atoms with E-state index in [9.17, 15) is 4.79 Å². The molecule has 1 unspecified atom stereocenters. The maximum absolute atomic E-state index is 12.8. The van der Waals surface area contributed by atoms with Crippen LogP contribution in [0.3, 0.4) is 0 Å². The Hall–Kier alpha value is -1.30. The van der Waals surface area contributed by atoms with Crippen molar-refractivity contribution in [3.63, 3.8) is 0 Å². The molecule has 0 spiro atoms. The molecule has 0 saturated carbocycles. The lowest BCUT2D eigenvalue weighted by Gasteiger charge is -2.31. The number of carbonyl (C=O) groups excluding carboxylic acids is 1. The zero-order valence-electron chi connectivity index (χ0n) is 13.0. The van der Waals surface area contributed by atoms with Gasteiger partial charge in [0.15, 0.2) is 0 Å². The molecular weight excluding hydrogens is 320 g/mol. The minimum absolute atomic E-state index is 0. The normalized spacial score (nSPS) is 18.1. The first-order chi connectivity index (χ1) is 10.1. The zero-order chi connectivity index (χ0) is 15.0. The van der Waals surface area contributed by atoms with Gasteiger partial charge in [0, 0.05) is 30.4 Å². The van der Waals surface area contributed by atoms with Crippen molar-refractivity contribution >= 4 is 39.7 Å². The lowest BCUT2D eigenvalue weighted by molar-refractivity contribution is 0.0713. The number of methoxy groups -OCH3 is 1. The van der Waals surface area contributed by atoms with Crippen LogP contribution in [0, 0.1) is 6.92 Å². The molecule has 1 aromatic carbocycles. The van der Waals surface area contributed by atoms with E-state index in [1.165, 1.54) is 0 Å². The van der Waals surface area contributed by atoms with Crippen LogP contribution in [0.15, 0.2) is 18.2 Å². The van der Waals surface area contributed by atoms with Crippen LogP contribution < -0.4 is 10.1 Å². The van der Waals surface area contributed by atoms with Crippen LogP contribution in [-0.4, -0.2) is 43.6 Å². The third-order valence-corrected chi connectivity index (χ3v) is 5.25. The smallest absolute Gasteiger partial charge is 0.264 e. The summed E-state index contributed by atoms with van der Waals surface area (Å²) in [6, 6.07) is 6.35. The number of nitrogens with one attached hydrogen (secondary N) is 1. The second-order valence-corrected chi connectivity index (χ2v) is 6.58. The summed E-state index contributed by atoms with van der Waals surface area (Å²) in [6.45, 7) is 6.56. The highest BCUT2D eigenvalue weighted by Gasteiger charge is 2.25. The van der Waals surface area contributed by atoms with Crippen LogP contribution in [-0.2, 0) is 0 Å². The summed E-state index contributed by atoms with van der Waals surface area (Å²) < 4.78 is 6.42. The molecule has 1 aromatic heterocycles. The number of halogens is 1. The molecule has 1 fully saturated rings. The third kappa shape index (κ3) is 3.07. The summed E-state index contributed by atoms with van der Waals surface area (Å²) in [7, 11) is 1.66. The lowest BCUT2D eigenvalue weighted by Crippen LogP contribution is -2.51. The first kappa shape index (κ1) is 17.1. The average Bonchev–Trinajstić information content (AvgIpc) is 2.83. The van der Waals surface area contributed by atoms with Crippen molar-refractivity contribution in [1.29, 1.82) is 0 Å². The summed E-state index contributed by atoms with van der Waals surface area (Å²) in [5, 5.41) is 4.48. The van der Waals surface area contributed by atoms with Gasteiger partial charge in [-0.3, -0.25) is 4.79 Å². The van der Waals surface area contributed by atoms with Gasteiger partial charge in [-0.1, -0.05) is 0 Å². The van der Waals surface area contributed by atoms with E-state index in [1.54, 1.807) is 18.4 Å². The third-order valence-electron chi connectivity index (χ3n) is 3.99. The molecule has 1 saturated heterocycles. The van der Waals surface area contributed by atoms with Crippen molar-refractivity contribution in [2.24, 2.45) is 0 Å². The van der Waals surface area contributed by atoms with Gasteiger partial charge >= 0.3 is 0 Å². The van der Waals surface area contributed by atoms with Gasteiger partial charge in [-0.05, 0) is 43.0 Å². The lowest BCUT2D eigenvalue weighted by atomic mass is 10.1. The highest BCUT2D eigenvalue weighted by atomic mass is 35.5. The van der Waals surface area contributed by atoms with Crippen molar-refractivity contribution in [3.8, 4) is 5.75 Å². The van der Waals surface area contributed by atoms with Crippen LogP contribution in [0.4, 0.5) is 0 Å². The quantitative estimate of drug-likeness (QED) is 0.913. The van der Waals surface area contributed by atoms with Gasteiger partial charge in [0.2, 0.25) is 0 Å². The Morgan fingerprint density at radius 2 is 2.23 bits per heavy atom. The predicted octanol–water partition coefficient (Wildman–Crippen LogP) is 3.07. The van der Waals surface area contributed by atoms with E-state index >= 15 is 0 Å². The molecule has 0 aliphatic carbocycles. The number of thiophene rings is 1. The first-order valence-corrected chi connectivity index (χ1v) is 8.01. The fraction of sp³-hybridized carbons (Fsp3) is 0.438. The maximum Gasteiger partial charge on any atom is 0.264 e. The topological polar surface area (TPSA) is 41.6 Å². The maximum atomic E-state index is 12.8. The SMILES string of the molecule is COc1ccc2sc(C(=O)N3CCNC(C)C3)c(C)c2c1.Cl. The van der Waals surface area contributed by atoms with Gasteiger partial charge in [0.25, 0.3) is 5.91 Å². The summed E-state index contributed by atoms with van der Waals surface area (Å²) in [6.07, 6.45) is 0. The molecule has 22 heavy (non-hydrogen) atoms. The summed E-state index contributed by atoms with van der Waals surface area (Å²) in [5.41, 5.74) is 1.06. The summed E-state index contributed by atoms with van der Waals surface area (Å²) in [5.74, 6) is 0.985. The number of amides is 1. The Morgan fingerprint density at radius 1 is 1.45 bits per heavy atom. The second-order valence-electron chi connectivity index (χ2n) is 5.52. The van der Waals surface area contributed by atoms with E-state index in [4.69, 9.17) is 4.74 Å². The molecule has 1 aliphatic heterocycles. The van der Waals surface area contributed by atoms with Crippen molar-refractivity contribution in [1.82, 2.24) is 10.2 Å². The minimum atomic E-state index is 0. The number of benzene rings is 1. The average molecular weight is 341 g/mol. The molecule has 2 aromatic rings. The molecule has 3 rings (SSSR count). The minimum Gasteiger partial charge on any atom is -0.497 e. The Kier molecular flexibility index (Phi) is 5.32. The standard InChI is InChI=1S/C16H20N2O2S.ClH/c1-10-9-18(7-6-17-10)16(19)15-11(2)13-8-12(20-3)4-5-14(13)21-15;/h4-5,8,10,17H,6-7,9H2,1-3H3;1H. The molecule has 1 aliphatic rings. The number of nitrogens with zero attached hydrogens (tertiary/aromatic N) is 1. The molecule has 0 radical (unpaired) electrons. The van der Waals surface area contributed by atoms with E-state index in [1.807, 2.05) is 30.0 Å². The molecule has 1 N–H and O–H groups in total. The largest absolute Gasteiger partial charge is 0.497 e. The molecule has 2 heterocycles. The van der Waals surface area contributed by atoms with Crippen molar-refractivity contribution in [2.75, 3.05) is 26.7 Å². The number of carbonyl (C=O) groups is 1. The number of hydrogen-bond donors (Lipinski definition) is 1. The van der Waals surface area contributed by atoms with E-state index < -0.39 is 0 Å². The number of hydrogen-bond acceptors (Lipinski definition) is 4. The first-order valence-electron chi connectivity index (χ1n) is 7.20. The van der Waals surface area contributed by atoms with Gasteiger partial charge in [-0.25, -0.2) is 0 Å². The number of piperazine rings is 1. The number of fused-ring (bicyclic) bond motifs is 1. The molecule has 1 atom stereocenters. The van der Waals surface area contributed by atoms with Gasteiger partial charge in [0.1, 0.15) is 5.75 Å². The monoisotopic (exact) mass is 340 g/mol. The molecule has 4 nitrogen and oxygen atoms in total. The molecule has 0 bridgehead atoms. The van der Waals surface area contributed by atoms with Crippen molar-refractivity contribution < 1.29 is 9.53 Å². The van der Waals surface area contributed by atoms with Gasteiger partial charge in [-0.2, -0.15) is 0 Å². The van der Waals surface area contributed by atoms with Crippen LogP contribution >= 0.6 is 23.7 Å². The molecule has 120 valence electrons. The van der Waals surface area contributed by atoms with Crippen LogP contribution in [0.25, 0.3) is 10.1 Å². The summed E-state index contributed by atoms with van der Waals surface area (Å²) >= 11 is 1.58. The van der Waals surface area contributed by atoms with Gasteiger partial charge < -0.3 is 15.0 Å². The second kappa shape index (κ2) is 6.86. The Labute approximate surface area is 140 Å². The van der Waals surface area contributed by atoms with Crippen LogP contribution in [0.2, 0.25) is 0 Å². The van der Waals surface area contributed by atoms with E-state index in [0.29, 0.717) is 6.04 Å². The van der Waals surface area contributed by atoms with Gasteiger partial charge in [-0.15, -0.1) is 23.7 Å². The Bertz CT molecular complexity index is 686. The van der Waals surface area contributed by atoms with Crippen LogP contribution in [0.1, 0.15) is 22.2 Å². The fourth-order valence-corrected chi connectivity index (χ4v) is 3.95. The number of aryl methyl sites for hydroxylation is 1. The highest BCUT2D eigenvalue weighted by Crippen LogP contribution is 2.34. The van der Waals surface area contributed by atoms with E-state index in [-0.39, 0.29) is 18.3 Å². The molecule has 1 amide bonds. The zero-order valence-corrected chi connectivity index (χ0v) is 14.6. The van der Waals surface area contributed by atoms with Crippen molar-refractivity contribution in [2.45, 2.75) is 19.9 Å². The van der Waals surface area contributed by atoms with Crippen LogP contribution in [0.5, 0.6) is 5.75 Å². The predicted molar refractivity (Wildman–Crippen MR) is 93.7 cm³/mol. The van der Waals surface area contributed by atoms with Gasteiger partial charge in [0.05, 0.1) is 12.0 Å². The molecular formula is C16H21ClN2O2S. The summed E-state index contributed by atoms with van der Waals surface area (Å²) in [4.78, 5) is 15.6. The Balaban J connectivity index is 0.00000176. The van der Waals surface area contributed by atoms with E-state index in [2.05, 4.69) is 12.2 Å². The number of ether oxygens (including phenoxy) is 1. The Morgan fingerprint density at radius 3 is 2.91 bits per heavy atom. The number of rotatable bonds is 2. The van der Waals surface area contributed by atoms with E-state index in [0.717, 1.165) is 45.9 Å². The highest BCUT2D eigenvalue weighted by molar-refractivity contribution is 7.21.